The number of halogens is 3. The van der Waals surface area contributed by atoms with Gasteiger partial charge in [-0.25, -0.2) is 4.99 Å². The molecule has 2 aliphatic rings. The lowest BCUT2D eigenvalue weighted by atomic mass is 9.85. The van der Waals surface area contributed by atoms with E-state index in [0.717, 1.165) is 0 Å². The van der Waals surface area contributed by atoms with Crippen LogP contribution in [-0.4, -0.2) is 35.8 Å². The number of amides is 1. The highest BCUT2D eigenvalue weighted by Crippen LogP contribution is 2.58. The Balaban J connectivity index is 1.86. The van der Waals surface area contributed by atoms with E-state index in [1.807, 2.05) is 0 Å². The number of hydrogen-bond acceptors (Lipinski definition) is 4. The summed E-state index contributed by atoms with van der Waals surface area (Å²) in [6.45, 7) is 1.74. The third-order valence-electron chi connectivity index (χ3n) is 5.31. The van der Waals surface area contributed by atoms with Gasteiger partial charge in [0.25, 0.3) is 0 Å². The van der Waals surface area contributed by atoms with Crippen molar-refractivity contribution in [1.82, 2.24) is 4.90 Å². The van der Waals surface area contributed by atoms with E-state index in [9.17, 15) is 22.8 Å². The zero-order chi connectivity index (χ0) is 19.3. The maximum Gasteiger partial charge on any atom is 0.401 e. The molecule has 2 N–H and O–H groups in total. The van der Waals surface area contributed by atoms with Gasteiger partial charge < -0.3 is 5.73 Å². The van der Waals surface area contributed by atoms with Crippen molar-refractivity contribution in [2.24, 2.45) is 16.1 Å². The number of Topliss-reactive ketones (excluding diaryl/α,β-unsaturated/α-hetero) is 1. The predicted molar refractivity (Wildman–Crippen MR) is 89.2 cm³/mol. The summed E-state index contributed by atoms with van der Waals surface area (Å²) < 4.78 is 39.3. The van der Waals surface area contributed by atoms with Crippen LogP contribution in [0.25, 0.3) is 0 Å². The van der Waals surface area contributed by atoms with Gasteiger partial charge in [0, 0.05) is 13.5 Å². The van der Waals surface area contributed by atoms with Crippen molar-refractivity contribution in [3.05, 3.63) is 35.4 Å². The quantitative estimate of drug-likeness (QED) is 0.889. The number of guanidine groups is 1. The monoisotopic (exact) mass is 367 g/mol. The highest BCUT2D eigenvalue weighted by atomic mass is 19.4. The van der Waals surface area contributed by atoms with Gasteiger partial charge in [-0.2, -0.15) is 13.2 Å². The topological polar surface area (TPSA) is 75.8 Å². The van der Waals surface area contributed by atoms with Crippen LogP contribution in [0.15, 0.2) is 29.3 Å². The molecule has 0 saturated heterocycles. The summed E-state index contributed by atoms with van der Waals surface area (Å²) in [5, 5.41) is 0. The molecule has 8 heteroatoms. The lowest BCUT2D eigenvalue weighted by Crippen LogP contribution is -2.47. The zero-order valence-electron chi connectivity index (χ0n) is 14.6. The average Bonchev–Trinajstić information content (AvgIpc) is 3.34. The Morgan fingerprint density at radius 3 is 2.54 bits per heavy atom. The number of ketones is 1. The molecule has 1 saturated carbocycles. The number of rotatable bonds is 4. The zero-order valence-corrected chi connectivity index (χ0v) is 14.6. The van der Waals surface area contributed by atoms with E-state index in [1.54, 1.807) is 31.2 Å². The Morgan fingerprint density at radius 2 is 2.00 bits per heavy atom. The van der Waals surface area contributed by atoms with Crippen LogP contribution in [0.5, 0.6) is 0 Å². The first-order chi connectivity index (χ1) is 12.0. The van der Waals surface area contributed by atoms with E-state index in [0.29, 0.717) is 11.1 Å². The first-order valence-electron chi connectivity index (χ1n) is 8.30. The van der Waals surface area contributed by atoms with Gasteiger partial charge in [-0.15, -0.1) is 0 Å². The summed E-state index contributed by atoms with van der Waals surface area (Å²) in [5.74, 6) is -0.926. The van der Waals surface area contributed by atoms with Crippen LogP contribution in [-0.2, 0) is 21.5 Å². The summed E-state index contributed by atoms with van der Waals surface area (Å²) in [7, 11) is 1.53. The van der Waals surface area contributed by atoms with Crippen LogP contribution >= 0.6 is 0 Å². The molecule has 5 nitrogen and oxygen atoms in total. The smallest absolute Gasteiger partial charge is 0.369 e. The standard InChI is InChI=1S/C18H20F3N3O2/c1-16(10-14(26)24(2)15(22)23-16)12-5-3-4-11(8-12)9-13(25)17(6-7-17)18(19,20)21/h3-5,8H,6-7,9-10H2,1-2H3,(H2,22,23)/t16-/m0/s1. The summed E-state index contributed by atoms with van der Waals surface area (Å²) in [6.07, 6.45) is -5.00. The Hall–Kier alpha value is -2.38. The van der Waals surface area contributed by atoms with Gasteiger partial charge in [-0.3, -0.25) is 14.5 Å². The van der Waals surface area contributed by atoms with E-state index >= 15 is 0 Å². The minimum absolute atomic E-state index is 0.0826. The van der Waals surface area contributed by atoms with Crippen LogP contribution in [0.1, 0.15) is 37.3 Å². The van der Waals surface area contributed by atoms with Crippen molar-refractivity contribution < 1.29 is 22.8 Å². The van der Waals surface area contributed by atoms with Gasteiger partial charge in [0.2, 0.25) is 5.91 Å². The summed E-state index contributed by atoms with van der Waals surface area (Å²) >= 11 is 0. The van der Waals surface area contributed by atoms with E-state index in [-0.39, 0.29) is 37.6 Å². The molecule has 1 amide bonds. The molecule has 1 heterocycles. The number of alkyl halides is 3. The second kappa shape index (κ2) is 5.82. The fraction of sp³-hybridized carbons (Fsp3) is 0.500. The molecular weight excluding hydrogens is 347 g/mol. The molecule has 0 aromatic heterocycles. The fourth-order valence-corrected chi connectivity index (χ4v) is 3.29. The number of nitrogens with two attached hydrogens (primary N) is 1. The van der Waals surface area contributed by atoms with Crippen LogP contribution < -0.4 is 5.73 Å². The minimum Gasteiger partial charge on any atom is -0.369 e. The second-order valence-electron chi connectivity index (χ2n) is 7.25. The normalized spacial score (nSPS) is 25.0. The second-order valence-corrected chi connectivity index (χ2v) is 7.25. The van der Waals surface area contributed by atoms with E-state index in [1.165, 1.54) is 11.9 Å². The molecule has 0 bridgehead atoms. The Labute approximate surface area is 149 Å². The van der Waals surface area contributed by atoms with E-state index in [4.69, 9.17) is 5.73 Å². The average molecular weight is 367 g/mol. The Kier molecular flexibility index (Phi) is 4.12. The molecule has 3 rings (SSSR count). The summed E-state index contributed by atoms with van der Waals surface area (Å²) in [4.78, 5) is 30.0. The fourth-order valence-electron chi connectivity index (χ4n) is 3.29. The predicted octanol–water partition coefficient (Wildman–Crippen LogP) is 2.53. The number of aliphatic imine (C=N–C) groups is 1. The molecule has 0 spiro atoms. The van der Waals surface area contributed by atoms with E-state index in [2.05, 4.69) is 4.99 Å². The number of carbonyl (C=O) groups excluding carboxylic acids is 2. The molecule has 140 valence electrons. The summed E-state index contributed by atoms with van der Waals surface area (Å²) in [5.41, 5.74) is 3.82. The highest BCUT2D eigenvalue weighted by molar-refractivity contribution is 5.98. The van der Waals surface area contributed by atoms with Crippen LogP contribution in [0.2, 0.25) is 0 Å². The third-order valence-corrected chi connectivity index (χ3v) is 5.31. The molecule has 1 aliphatic heterocycles. The minimum atomic E-state index is -4.51. The highest BCUT2D eigenvalue weighted by Gasteiger charge is 2.67. The maximum absolute atomic E-state index is 13.1. The molecule has 1 fully saturated rings. The molecule has 0 radical (unpaired) electrons. The van der Waals surface area contributed by atoms with Crippen molar-refractivity contribution >= 4 is 17.6 Å². The summed E-state index contributed by atoms with van der Waals surface area (Å²) in [6, 6.07) is 6.64. The number of hydrogen-bond donors (Lipinski definition) is 1. The molecule has 1 aromatic carbocycles. The Morgan fingerprint density at radius 1 is 1.35 bits per heavy atom. The lowest BCUT2D eigenvalue weighted by molar-refractivity contribution is -0.190. The van der Waals surface area contributed by atoms with E-state index < -0.39 is 22.9 Å². The number of benzene rings is 1. The Bertz CT molecular complexity index is 799. The third kappa shape index (κ3) is 2.97. The maximum atomic E-state index is 13.1. The van der Waals surface area contributed by atoms with Gasteiger partial charge in [0.05, 0.1) is 12.0 Å². The van der Waals surface area contributed by atoms with Crippen LogP contribution in [0.3, 0.4) is 0 Å². The molecule has 0 unspecified atom stereocenters. The van der Waals surface area contributed by atoms with Gasteiger partial charge in [-0.05, 0) is 30.9 Å². The van der Waals surface area contributed by atoms with Gasteiger partial charge in [0.15, 0.2) is 11.7 Å². The molecule has 1 atom stereocenters. The first-order valence-corrected chi connectivity index (χ1v) is 8.30. The van der Waals surface area contributed by atoms with Gasteiger partial charge >= 0.3 is 6.18 Å². The number of carbonyl (C=O) groups is 2. The van der Waals surface area contributed by atoms with Gasteiger partial charge in [0.1, 0.15) is 5.41 Å². The molecule has 26 heavy (non-hydrogen) atoms. The van der Waals surface area contributed by atoms with Crippen molar-refractivity contribution in [3.63, 3.8) is 0 Å². The van der Waals surface area contributed by atoms with Crippen LogP contribution in [0.4, 0.5) is 13.2 Å². The SMILES string of the molecule is CN1C(=O)C[C@@](C)(c2cccc(CC(=O)C3(C(F)(F)F)CC3)c2)N=C1N. The first kappa shape index (κ1) is 18.4. The van der Waals surface area contributed by atoms with Crippen molar-refractivity contribution in [3.8, 4) is 0 Å². The van der Waals surface area contributed by atoms with Crippen molar-refractivity contribution in [1.29, 1.82) is 0 Å². The van der Waals surface area contributed by atoms with Crippen LogP contribution in [0, 0.1) is 5.41 Å². The van der Waals surface area contributed by atoms with Gasteiger partial charge in [-0.1, -0.05) is 24.3 Å². The van der Waals surface area contributed by atoms with Crippen molar-refractivity contribution in [2.45, 2.75) is 44.3 Å². The van der Waals surface area contributed by atoms with Crippen molar-refractivity contribution in [2.75, 3.05) is 7.05 Å². The molecule has 1 aliphatic carbocycles. The molecule has 1 aromatic rings. The lowest BCUT2D eigenvalue weighted by Gasteiger charge is -2.33. The largest absolute Gasteiger partial charge is 0.401 e. The number of nitrogens with zero attached hydrogens (tertiary/aromatic N) is 2. The molecular formula is C18H20F3N3O2.